The standard InChI is InChI=1S/C28H40N8O3.C21H26N6O3.2C2H6.CH4/c1-28(2,3)34-27(37)33-25-23(19-14-21(38-5)17-22(15-19)39-6)16-20-18-30-26(32-24(20)31-25)29-8-7-9-36-12-10-35(4)11-13-36;1-21(2,3)27-20(28)26-18-16(12-7-14(29-5)10-15(8-12)30-6)9-13-11-23-19(22-4)25-17(13)24-18;2*1-2;/h14-18H,7-13H2,1-6H3,(H3,29,30,31,32,33,34,37);7-11H,1-6H3,(H3,22,23,24,25,26,27,28);2*1-2H3;1H4. The van der Waals surface area contributed by atoms with E-state index in [-0.39, 0.29) is 19.5 Å². The largest absolute Gasteiger partial charge is 0.497 e. The van der Waals surface area contributed by atoms with E-state index in [1.807, 2.05) is 106 Å². The minimum absolute atomic E-state index is 0. The lowest BCUT2D eigenvalue weighted by Gasteiger charge is -2.32. The average molecular weight is 1020 g/mol. The van der Waals surface area contributed by atoms with E-state index in [2.05, 4.69) is 73.7 Å². The molecule has 0 bridgehead atoms. The number of anilines is 4. The van der Waals surface area contributed by atoms with Gasteiger partial charge in [-0.2, -0.15) is 9.97 Å². The maximum absolute atomic E-state index is 12.8. The molecule has 6 aromatic rings. The molecule has 5 heterocycles. The molecule has 7 rings (SSSR count). The van der Waals surface area contributed by atoms with Crippen LogP contribution in [-0.2, 0) is 0 Å². The summed E-state index contributed by atoms with van der Waals surface area (Å²) in [6.07, 6.45) is 4.42. The quantitative estimate of drug-likeness (QED) is 0.0558. The Morgan fingerprint density at radius 2 is 0.973 bits per heavy atom. The SMILES string of the molecule is C.CC.CC.CNc1ncc2cc(-c3cc(OC)cc(OC)c3)c(NC(=O)NC(C)(C)C)nc2n1.COc1cc(OC)cc(-c2cc3cnc(NCCCN4CCN(C)CC4)nc3nc2NC(=O)NC(C)(C)C)c1. The fourth-order valence-electron chi connectivity index (χ4n) is 7.22. The number of hydrogen-bond acceptors (Lipinski definition) is 16. The van der Waals surface area contributed by atoms with Crippen molar-refractivity contribution >= 4 is 57.7 Å². The Labute approximate surface area is 438 Å². The number of urea groups is 2. The number of pyridine rings is 2. The van der Waals surface area contributed by atoms with E-state index in [0.29, 0.717) is 69.0 Å². The summed E-state index contributed by atoms with van der Waals surface area (Å²) in [6.45, 7) is 25.7. The van der Waals surface area contributed by atoms with Gasteiger partial charge in [-0.1, -0.05) is 35.1 Å². The third-order valence-corrected chi connectivity index (χ3v) is 10.7. The minimum atomic E-state index is -0.413. The minimum Gasteiger partial charge on any atom is -0.497 e. The highest BCUT2D eigenvalue weighted by Gasteiger charge is 2.21. The fourth-order valence-corrected chi connectivity index (χ4v) is 7.22. The Morgan fingerprint density at radius 1 is 0.581 bits per heavy atom. The number of likely N-dealkylation sites (N-methyl/N-ethyl adjacent to an activating group) is 1. The Hall–Kier alpha value is -7.32. The lowest BCUT2D eigenvalue weighted by Crippen LogP contribution is -2.44. The van der Waals surface area contributed by atoms with Gasteiger partial charge in [0.15, 0.2) is 11.3 Å². The zero-order valence-electron chi connectivity index (χ0n) is 45.8. The van der Waals surface area contributed by atoms with Crippen molar-refractivity contribution in [1.82, 2.24) is 50.3 Å². The van der Waals surface area contributed by atoms with Crippen LogP contribution >= 0.6 is 0 Å². The van der Waals surface area contributed by atoms with Crippen LogP contribution in [0.15, 0.2) is 60.9 Å². The summed E-state index contributed by atoms with van der Waals surface area (Å²) in [4.78, 5) is 57.4. The number of fused-ring (bicyclic) bond motifs is 2. The first kappa shape index (κ1) is 61.0. The van der Waals surface area contributed by atoms with Crippen LogP contribution < -0.4 is 50.8 Å². The molecule has 1 aliphatic rings. The second kappa shape index (κ2) is 28.8. The molecule has 0 saturated carbocycles. The van der Waals surface area contributed by atoms with Gasteiger partial charge in [0.1, 0.15) is 34.6 Å². The van der Waals surface area contributed by atoms with Crippen molar-refractivity contribution in [2.45, 2.75) is 94.2 Å². The van der Waals surface area contributed by atoms with Gasteiger partial charge in [0.25, 0.3) is 0 Å². The highest BCUT2D eigenvalue weighted by molar-refractivity contribution is 5.98. The molecule has 1 saturated heterocycles. The number of carbonyl (C=O) groups is 2. The summed E-state index contributed by atoms with van der Waals surface area (Å²) in [6, 6.07) is 14.1. The van der Waals surface area contributed by atoms with E-state index in [4.69, 9.17) is 23.9 Å². The molecule has 4 amide bonds. The van der Waals surface area contributed by atoms with E-state index >= 15 is 0 Å². The van der Waals surface area contributed by atoms with Crippen molar-refractivity contribution in [3.63, 3.8) is 0 Å². The Morgan fingerprint density at radius 3 is 1.35 bits per heavy atom. The molecule has 0 unspecified atom stereocenters. The molecule has 0 radical (unpaired) electrons. The van der Waals surface area contributed by atoms with Gasteiger partial charge in [0.2, 0.25) is 11.9 Å². The third kappa shape index (κ3) is 18.3. The molecule has 1 fully saturated rings. The maximum Gasteiger partial charge on any atom is 0.320 e. The van der Waals surface area contributed by atoms with Crippen molar-refractivity contribution in [1.29, 1.82) is 0 Å². The summed E-state index contributed by atoms with van der Waals surface area (Å²) < 4.78 is 21.7. The highest BCUT2D eigenvalue weighted by atomic mass is 16.5. The number of aromatic nitrogens is 6. The first-order valence-corrected chi connectivity index (χ1v) is 24.7. The number of piperazine rings is 1. The molecule has 1 aliphatic heterocycles. The van der Waals surface area contributed by atoms with Gasteiger partial charge in [0.05, 0.1) is 28.4 Å². The van der Waals surface area contributed by atoms with Gasteiger partial charge in [-0.3, -0.25) is 10.6 Å². The van der Waals surface area contributed by atoms with Crippen molar-refractivity contribution in [3.05, 3.63) is 60.9 Å². The van der Waals surface area contributed by atoms with Gasteiger partial charge in [-0.05, 0) is 109 Å². The van der Waals surface area contributed by atoms with Gasteiger partial charge < -0.3 is 50.0 Å². The summed E-state index contributed by atoms with van der Waals surface area (Å²) >= 11 is 0. The van der Waals surface area contributed by atoms with Crippen molar-refractivity contribution in [3.8, 4) is 45.3 Å². The number of methoxy groups -OCH3 is 4. The molecule has 4 aromatic heterocycles. The van der Waals surface area contributed by atoms with Crippen molar-refractivity contribution in [2.75, 3.05) is 103 Å². The number of benzene rings is 2. The van der Waals surface area contributed by atoms with Crippen LogP contribution in [0, 0.1) is 0 Å². The number of ether oxygens (including phenoxy) is 4. The Bertz CT molecular complexity index is 2690. The van der Waals surface area contributed by atoms with Gasteiger partial charge >= 0.3 is 12.1 Å². The summed E-state index contributed by atoms with van der Waals surface area (Å²) in [5.41, 5.74) is 3.05. The number of nitrogens with one attached hydrogen (secondary N) is 6. The second-order valence-corrected chi connectivity index (χ2v) is 18.5. The van der Waals surface area contributed by atoms with Crippen LogP contribution in [0.5, 0.6) is 23.0 Å². The van der Waals surface area contributed by atoms with Crippen LogP contribution in [0.3, 0.4) is 0 Å². The van der Waals surface area contributed by atoms with E-state index < -0.39 is 11.1 Å². The van der Waals surface area contributed by atoms with E-state index in [1.165, 1.54) is 0 Å². The topological polar surface area (TPSA) is 227 Å². The molecule has 0 atom stereocenters. The predicted octanol–water partition coefficient (Wildman–Crippen LogP) is 10.0. The second-order valence-electron chi connectivity index (χ2n) is 18.5. The fraction of sp³-hybridized carbons (Fsp3) is 0.481. The van der Waals surface area contributed by atoms with Crippen LogP contribution in [0.1, 0.15) is 83.1 Å². The molecule has 6 N–H and O–H groups in total. The molecular formula is C54H82N14O6. The van der Waals surface area contributed by atoms with Gasteiger partial charge in [-0.25, -0.2) is 29.5 Å². The molecule has 0 spiro atoms. The van der Waals surface area contributed by atoms with Crippen molar-refractivity contribution in [2.24, 2.45) is 0 Å². The molecule has 404 valence electrons. The first-order chi connectivity index (χ1) is 34.8. The number of nitrogens with zero attached hydrogens (tertiary/aromatic N) is 8. The van der Waals surface area contributed by atoms with E-state index in [0.717, 1.165) is 67.6 Å². The lowest BCUT2D eigenvalue weighted by atomic mass is 10.0. The van der Waals surface area contributed by atoms with Crippen LogP contribution in [0.25, 0.3) is 44.3 Å². The highest BCUT2D eigenvalue weighted by Crippen LogP contribution is 2.37. The number of rotatable bonds is 14. The van der Waals surface area contributed by atoms with Gasteiger partial charge in [-0.15, -0.1) is 0 Å². The van der Waals surface area contributed by atoms with Crippen LogP contribution in [0.2, 0.25) is 0 Å². The van der Waals surface area contributed by atoms with Gasteiger partial charge in [0, 0.05) is 97.3 Å². The normalized spacial score (nSPS) is 12.4. The van der Waals surface area contributed by atoms with Crippen LogP contribution in [-0.4, -0.2) is 145 Å². The molecule has 2 aromatic carbocycles. The maximum atomic E-state index is 12.8. The van der Waals surface area contributed by atoms with E-state index in [1.54, 1.807) is 60.0 Å². The Kier molecular flexibility index (Phi) is 23.7. The van der Waals surface area contributed by atoms with Crippen LogP contribution in [0.4, 0.5) is 33.1 Å². The number of amides is 4. The van der Waals surface area contributed by atoms with Crippen molar-refractivity contribution < 1.29 is 28.5 Å². The zero-order chi connectivity index (χ0) is 53.9. The lowest BCUT2D eigenvalue weighted by molar-refractivity contribution is 0.154. The third-order valence-electron chi connectivity index (χ3n) is 10.7. The number of carbonyl (C=O) groups excluding carboxylic acids is 2. The first-order valence-electron chi connectivity index (χ1n) is 24.7. The smallest absolute Gasteiger partial charge is 0.320 e. The predicted molar refractivity (Wildman–Crippen MR) is 302 cm³/mol. The molecule has 0 aliphatic carbocycles. The number of hydrogen-bond donors (Lipinski definition) is 6. The summed E-state index contributed by atoms with van der Waals surface area (Å²) in [5, 5.41) is 19.2. The zero-order valence-corrected chi connectivity index (χ0v) is 45.8. The average Bonchev–Trinajstić information content (AvgIpc) is 3.37. The summed E-state index contributed by atoms with van der Waals surface area (Å²) in [5.74, 6) is 4.18. The molecule has 74 heavy (non-hydrogen) atoms. The molecule has 20 heteroatoms. The Balaban J connectivity index is 0.000000371. The monoisotopic (exact) mass is 1020 g/mol. The molecular weight excluding hydrogens is 941 g/mol. The molecule has 20 nitrogen and oxygen atoms in total. The summed E-state index contributed by atoms with van der Waals surface area (Å²) in [7, 11) is 10.3. The van der Waals surface area contributed by atoms with E-state index in [9.17, 15) is 9.59 Å².